The minimum atomic E-state index is -3.12. The van der Waals surface area contributed by atoms with E-state index in [0.29, 0.717) is 7.25 Å². The van der Waals surface area contributed by atoms with Crippen molar-refractivity contribution in [1.82, 2.24) is 0 Å². The molecule has 2 atom stereocenters. The SMILES string of the molecule is CCC[CH2][Zr]1([CH2]CCC)[CH]2C(CC)=C(c3c2ccc2ccccc32)C(C)(C)C2=C(CC)[CH]1c1ccc3ccccc3c12. The molecular formula is C41H48Zr. The van der Waals surface area contributed by atoms with Crippen molar-refractivity contribution in [1.29, 1.82) is 0 Å². The molecule has 0 radical (unpaired) electrons. The van der Waals surface area contributed by atoms with Gasteiger partial charge >= 0.3 is 260 Å². The number of hydrogen-bond acceptors (Lipinski definition) is 0. The van der Waals surface area contributed by atoms with Crippen molar-refractivity contribution in [2.24, 2.45) is 5.41 Å². The molecule has 0 saturated carbocycles. The molecule has 0 spiro atoms. The molecule has 0 saturated heterocycles. The third-order valence-corrected chi connectivity index (χ3v) is 26.7. The Morgan fingerprint density at radius 3 is 1.40 bits per heavy atom. The van der Waals surface area contributed by atoms with Crippen molar-refractivity contribution in [2.75, 3.05) is 0 Å². The van der Waals surface area contributed by atoms with Gasteiger partial charge in [0.2, 0.25) is 0 Å². The molecule has 3 aliphatic rings. The van der Waals surface area contributed by atoms with E-state index in [4.69, 9.17) is 0 Å². The van der Waals surface area contributed by atoms with Crippen LogP contribution < -0.4 is 0 Å². The van der Waals surface area contributed by atoms with Gasteiger partial charge in [0.05, 0.1) is 0 Å². The Bertz CT molecular complexity index is 1630. The Hall–Kier alpha value is -2.24. The van der Waals surface area contributed by atoms with Crippen LogP contribution in [0, 0.1) is 5.41 Å². The Morgan fingerprint density at radius 1 is 0.571 bits per heavy atom. The first-order valence-electron chi connectivity index (χ1n) is 17.0. The second-order valence-corrected chi connectivity index (χ2v) is 25.3. The zero-order chi connectivity index (χ0) is 29.2. The second kappa shape index (κ2) is 10.7. The quantitative estimate of drug-likeness (QED) is 0.181. The summed E-state index contributed by atoms with van der Waals surface area (Å²) < 4.78 is 4.38. The van der Waals surface area contributed by atoms with Gasteiger partial charge in [-0.25, -0.2) is 0 Å². The summed E-state index contributed by atoms with van der Waals surface area (Å²) >= 11 is -3.12. The molecule has 7 rings (SSSR count). The van der Waals surface area contributed by atoms with Crippen LogP contribution in [0.5, 0.6) is 0 Å². The van der Waals surface area contributed by atoms with E-state index in [9.17, 15) is 0 Å². The molecule has 0 nitrogen and oxygen atoms in total. The summed E-state index contributed by atoms with van der Waals surface area (Å²) in [6, 6.07) is 28.7. The molecule has 1 aliphatic heterocycles. The molecule has 4 bridgehead atoms. The van der Waals surface area contributed by atoms with Crippen LogP contribution in [0.2, 0.25) is 8.26 Å². The van der Waals surface area contributed by atoms with Gasteiger partial charge in [-0.05, 0) is 0 Å². The topological polar surface area (TPSA) is 0 Å². The summed E-state index contributed by atoms with van der Waals surface area (Å²) in [5, 5.41) is 5.80. The van der Waals surface area contributed by atoms with Gasteiger partial charge in [-0.15, -0.1) is 0 Å². The number of unbranched alkanes of at least 4 members (excludes halogenated alkanes) is 2. The van der Waals surface area contributed by atoms with Crippen molar-refractivity contribution in [3.8, 4) is 0 Å². The predicted octanol–water partition coefficient (Wildman–Crippen LogP) is 12.8. The Labute approximate surface area is 258 Å². The molecule has 0 amide bonds. The Kier molecular flexibility index (Phi) is 7.29. The Balaban J connectivity index is 1.68. The summed E-state index contributed by atoms with van der Waals surface area (Å²) in [5.41, 5.74) is 13.7. The third-order valence-electron chi connectivity index (χ3n) is 11.5. The van der Waals surface area contributed by atoms with Gasteiger partial charge < -0.3 is 0 Å². The second-order valence-electron chi connectivity index (χ2n) is 13.9. The van der Waals surface area contributed by atoms with E-state index in [1.807, 2.05) is 11.1 Å². The third kappa shape index (κ3) is 3.81. The van der Waals surface area contributed by atoms with Gasteiger partial charge in [0.15, 0.2) is 0 Å². The summed E-state index contributed by atoms with van der Waals surface area (Å²) in [6.07, 6.45) is 7.76. The number of fused-ring (bicyclic) bond motifs is 12. The van der Waals surface area contributed by atoms with Crippen LogP contribution in [0.3, 0.4) is 0 Å². The number of allylic oxidation sites excluding steroid dienone is 4. The number of benzene rings is 4. The molecule has 0 aromatic heterocycles. The van der Waals surface area contributed by atoms with Gasteiger partial charge in [0.25, 0.3) is 0 Å². The van der Waals surface area contributed by atoms with Crippen LogP contribution >= 0.6 is 0 Å². The fraction of sp³-hybridized carbons (Fsp3) is 0.415. The fourth-order valence-corrected chi connectivity index (χ4v) is 28.7. The van der Waals surface area contributed by atoms with Crippen molar-refractivity contribution in [3.63, 3.8) is 0 Å². The molecular weight excluding hydrogens is 584 g/mol. The van der Waals surface area contributed by atoms with Crippen molar-refractivity contribution in [2.45, 2.75) is 95.6 Å². The summed E-state index contributed by atoms with van der Waals surface area (Å²) in [6.45, 7) is 15.0. The van der Waals surface area contributed by atoms with Gasteiger partial charge in [0.1, 0.15) is 0 Å². The van der Waals surface area contributed by atoms with E-state index in [2.05, 4.69) is 114 Å². The summed E-state index contributed by atoms with van der Waals surface area (Å²) in [7, 11) is 0. The van der Waals surface area contributed by atoms with Crippen LogP contribution in [-0.4, -0.2) is 0 Å². The monoisotopic (exact) mass is 630 g/mol. The molecule has 42 heavy (non-hydrogen) atoms. The molecule has 4 aromatic rings. The normalized spacial score (nSPS) is 21.6. The molecule has 1 heteroatoms. The van der Waals surface area contributed by atoms with E-state index in [0.717, 1.165) is 0 Å². The van der Waals surface area contributed by atoms with E-state index in [1.54, 1.807) is 33.4 Å². The summed E-state index contributed by atoms with van der Waals surface area (Å²) in [5.74, 6) is 0. The fourth-order valence-electron chi connectivity index (χ4n) is 10.1. The van der Waals surface area contributed by atoms with Crippen LogP contribution in [0.25, 0.3) is 32.7 Å². The van der Waals surface area contributed by atoms with Gasteiger partial charge in [-0.3, -0.25) is 0 Å². The Morgan fingerprint density at radius 2 is 1.00 bits per heavy atom. The molecule has 216 valence electrons. The molecule has 0 fully saturated rings. The molecule has 0 N–H and O–H groups in total. The standard InChI is InChI=1S/C33H30.2C4H9.Zr/c1-5-21-19-25-17-15-23-11-7-9-13-27(23)29(25)31(21)33(3,4)32-22(6-2)20-26-18-16-24-12-8-10-14-28(24)30(26)32;2*1-3-4-2;/h7-20H,5-6H2,1-4H3;2*1,3-4H2,2H3;. The van der Waals surface area contributed by atoms with Crippen LogP contribution in [0.15, 0.2) is 83.9 Å². The van der Waals surface area contributed by atoms with E-state index in [1.165, 1.54) is 68.3 Å². The number of hydrogen-bond donors (Lipinski definition) is 0. The van der Waals surface area contributed by atoms with Crippen molar-refractivity contribution < 1.29 is 20.3 Å². The minimum absolute atomic E-state index is 0.0501. The molecule has 1 heterocycles. The maximum atomic E-state index is 2.61. The average molecular weight is 632 g/mol. The van der Waals surface area contributed by atoms with Gasteiger partial charge in [-0.2, -0.15) is 0 Å². The first kappa shape index (κ1) is 28.5. The van der Waals surface area contributed by atoms with Crippen LogP contribution in [0.1, 0.15) is 110 Å². The number of rotatable bonds is 8. The molecule has 2 aliphatic carbocycles. The van der Waals surface area contributed by atoms with Crippen molar-refractivity contribution in [3.05, 3.63) is 106 Å². The van der Waals surface area contributed by atoms with Gasteiger partial charge in [-0.1, -0.05) is 0 Å². The summed E-state index contributed by atoms with van der Waals surface area (Å²) in [4.78, 5) is 0. The van der Waals surface area contributed by atoms with E-state index >= 15 is 0 Å². The van der Waals surface area contributed by atoms with Crippen LogP contribution in [-0.2, 0) is 20.3 Å². The first-order chi connectivity index (χ1) is 20.4. The van der Waals surface area contributed by atoms with E-state index in [-0.39, 0.29) is 5.41 Å². The van der Waals surface area contributed by atoms with Crippen molar-refractivity contribution >= 4 is 32.7 Å². The van der Waals surface area contributed by atoms with Crippen LogP contribution in [0.4, 0.5) is 0 Å². The predicted molar refractivity (Wildman–Crippen MR) is 181 cm³/mol. The van der Waals surface area contributed by atoms with E-state index < -0.39 is 20.3 Å². The first-order valence-corrected chi connectivity index (χ1v) is 23.3. The maximum absolute atomic E-state index is 3.12. The zero-order valence-electron chi connectivity index (χ0n) is 26.7. The molecule has 2 unspecified atom stereocenters. The zero-order valence-corrected chi connectivity index (χ0v) is 29.2. The average Bonchev–Trinajstić information content (AvgIpc) is 3.57. The molecule has 4 aromatic carbocycles. The van der Waals surface area contributed by atoms with Gasteiger partial charge in [0, 0.05) is 0 Å².